The number of hydrogen-bond donors (Lipinski definition) is 4. The third kappa shape index (κ3) is 5.03. The van der Waals surface area contributed by atoms with Crippen LogP contribution in [0.4, 0.5) is 10.6 Å². The Hall–Kier alpha value is -4.15. The smallest absolute Gasteiger partial charge is 0.407 e. The van der Waals surface area contributed by atoms with Gasteiger partial charge in [-0.15, -0.1) is 0 Å². The van der Waals surface area contributed by atoms with E-state index in [1.807, 2.05) is 30.3 Å². The molecule has 0 bridgehead atoms. The van der Waals surface area contributed by atoms with Gasteiger partial charge in [-0.25, -0.2) is 14.8 Å². The van der Waals surface area contributed by atoms with Gasteiger partial charge in [0.1, 0.15) is 17.2 Å². The quantitative estimate of drug-likeness (QED) is 0.417. The predicted octanol–water partition coefficient (Wildman–Crippen LogP) is 1.61. The van der Waals surface area contributed by atoms with E-state index in [2.05, 4.69) is 25.6 Å². The lowest BCUT2D eigenvalue weighted by Gasteiger charge is -2.32. The van der Waals surface area contributed by atoms with Gasteiger partial charge in [0.15, 0.2) is 5.82 Å². The molecule has 33 heavy (non-hydrogen) atoms. The van der Waals surface area contributed by atoms with Crippen molar-refractivity contribution < 1.29 is 19.5 Å². The molecule has 3 heterocycles. The minimum absolute atomic E-state index is 0.118. The molecule has 2 aromatic heterocycles. The second-order valence-electron chi connectivity index (χ2n) is 7.68. The number of carbonyl (C=O) groups excluding carboxylic acids is 2. The Bertz CT molecular complexity index is 1170. The Morgan fingerprint density at radius 1 is 1.03 bits per heavy atom. The molecule has 11 heteroatoms. The van der Waals surface area contributed by atoms with Gasteiger partial charge >= 0.3 is 6.09 Å². The molecule has 0 spiro atoms. The Kier molecular flexibility index (Phi) is 6.38. The van der Waals surface area contributed by atoms with Crippen molar-refractivity contribution in [3.8, 4) is 11.4 Å². The first kappa shape index (κ1) is 22.1. The molecule has 0 radical (unpaired) electrons. The average molecular weight is 451 g/mol. The van der Waals surface area contributed by atoms with Gasteiger partial charge in [-0.05, 0) is 6.07 Å². The number of hydrogen-bond acceptors (Lipinski definition) is 6. The molecule has 1 aliphatic rings. The van der Waals surface area contributed by atoms with Crippen LogP contribution in [0.15, 0.2) is 36.4 Å². The number of carbonyl (C=O) groups is 3. The fourth-order valence-corrected chi connectivity index (χ4v) is 3.67. The average Bonchev–Trinajstić information content (AvgIpc) is 3.26. The molecule has 172 valence electrons. The lowest BCUT2D eigenvalue weighted by molar-refractivity contribution is -0.118. The van der Waals surface area contributed by atoms with E-state index in [4.69, 9.17) is 5.11 Å². The van der Waals surface area contributed by atoms with Gasteiger partial charge in [0.25, 0.3) is 5.91 Å². The minimum Gasteiger partial charge on any atom is -0.465 e. The minimum atomic E-state index is -0.980. The SMILES string of the molecule is CC(=O)NCCNc1nc(-c2ccccc2)nc2[nH]c(C(=O)N3CCN(C(=O)O)CC3)cc12. The summed E-state index contributed by atoms with van der Waals surface area (Å²) in [5.74, 6) is 0.715. The number of H-pyrrole nitrogens is 1. The zero-order chi connectivity index (χ0) is 23.4. The molecule has 0 saturated carbocycles. The second kappa shape index (κ2) is 9.55. The highest BCUT2D eigenvalue weighted by molar-refractivity contribution is 6.00. The molecule has 1 fully saturated rings. The number of benzene rings is 1. The molecular formula is C22H25N7O4. The van der Waals surface area contributed by atoms with Crippen molar-refractivity contribution in [1.29, 1.82) is 0 Å². The molecule has 1 saturated heterocycles. The van der Waals surface area contributed by atoms with Crippen molar-refractivity contribution in [3.63, 3.8) is 0 Å². The molecule has 11 nitrogen and oxygen atoms in total. The van der Waals surface area contributed by atoms with Gasteiger partial charge in [0.2, 0.25) is 5.91 Å². The molecular weight excluding hydrogens is 426 g/mol. The van der Waals surface area contributed by atoms with Crippen LogP contribution >= 0.6 is 0 Å². The zero-order valence-electron chi connectivity index (χ0n) is 18.2. The van der Waals surface area contributed by atoms with E-state index in [1.54, 1.807) is 11.0 Å². The van der Waals surface area contributed by atoms with Gasteiger partial charge < -0.3 is 30.5 Å². The summed E-state index contributed by atoms with van der Waals surface area (Å²) < 4.78 is 0. The monoisotopic (exact) mass is 451 g/mol. The molecule has 3 aromatic rings. The number of carboxylic acid groups (broad SMARTS) is 1. The molecule has 1 aromatic carbocycles. The molecule has 0 unspecified atom stereocenters. The van der Waals surface area contributed by atoms with Crippen molar-refractivity contribution >= 4 is 34.8 Å². The van der Waals surface area contributed by atoms with Crippen molar-refractivity contribution in [2.75, 3.05) is 44.6 Å². The van der Waals surface area contributed by atoms with E-state index in [1.165, 1.54) is 11.8 Å². The van der Waals surface area contributed by atoms with Crippen LogP contribution in [0.3, 0.4) is 0 Å². The van der Waals surface area contributed by atoms with Crippen LogP contribution in [0.1, 0.15) is 17.4 Å². The van der Waals surface area contributed by atoms with Crippen LogP contribution < -0.4 is 10.6 Å². The Labute approximate surface area is 189 Å². The number of nitrogens with one attached hydrogen (secondary N) is 3. The van der Waals surface area contributed by atoms with Crippen LogP contribution in [0.25, 0.3) is 22.4 Å². The first-order chi connectivity index (χ1) is 15.9. The molecule has 1 aliphatic heterocycles. The summed E-state index contributed by atoms with van der Waals surface area (Å²) in [7, 11) is 0. The number of piperazine rings is 1. The van der Waals surface area contributed by atoms with E-state index >= 15 is 0 Å². The zero-order valence-corrected chi connectivity index (χ0v) is 18.2. The fourth-order valence-electron chi connectivity index (χ4n) is 3.67. The summed E-state index contributed by atoms with van der Waals surface area (Å²) in [6.45, 7) is 3.52. The third-order valence-corrected chi connectivity index (χ3v) is 5.38. The first-order valence-electron chi connectivity index (χ1n) is 10.6. The molecule has 4 rings (SSSR count). The summed E-state index contributed by atoms with van der Waals surface area (Å²) in [6, 6.07) is 11.2. The number of aromatic amines is 1. The summed E-state index contributed by atoms with van der Waals surface area (Å²) >= 11 is 0. The van der Waals surface area contributed by atoms with Crippen LogP contribution in [-0.4, -0.2) is 87.0 Å². The third-order valence-electron chi connectivity index (χ3n) is 5.38. The Morgan fingerprint density at radius 3 is 2.39 bits per heavy atom. The van der Waals surface area contributed by atoms with Crippen molar-refractivity contribution in [2.24, 2.45) is 0 Å². The van der Waals surface area contributed by atoms with E-state index < -0.39 is 6.09 Å². The van der Waals surface area contributed by atoms with Crippen molar-refractivity contribution in [2.45, 2.75) is 6.92 Å². The standard InChI is InChI=1S/C22H25N7O4/c1-14(30)23-7-8-24-19-16-13-17(21(31)28-9-11-29(12-10-28)22(32)33)25-20(16)27-18(26-19)15-5-3-2-4-6-15/h2-6,13H,7-12H2,1H3,(H,23,30)(H,32,33)(H2,24,25,26,27). The van der Waals surface area contributed by atoms with E-state index in [0.717, 1.165) is 5.56 Å². The maximum Gasteiger partial charge on any atom is 0.407 e. The normalized spacial score (nSPS) is 13.7. The highest BCUT2D eigenvalue weighted by Gasteiger charge is 2.26. The summed E-state index contributed by atoms with van der Waals surface area (Å²) in [5.41, 5.74) is 1.70. The lowest BCUT2D eigenvalue weighted by atomic mass is 10.2. The van der Waals surface area contributed by atoms with Crippen molar-refractivity contribution in [1.82, 2.24) is 30.1 Å². The van der Waals surface area contributed by atoms with Crippen LogP contribution in [0, 0.1) is 0 Å². The van der Waals surface area contributed by atoms with Crippen LogP contribution in [0.2, 0.25) is 0 Å². The molecule has 3 amide bonds. The molecule has 0 atom stereocenters. The van der Waals surface area contributed by atoms with Gasteiger partial charge in [-0.2, -0.15) is 0 Å². The highest BCUT2D eigenvalue weighted by atomic mass is 16.4. The highest BCUT2D eigenvalue weighted by Crippen LogP contribution is 2.26. The van der Waals surface area contributed by atoms with E-state index in [0.29, 0.717) is 54.5 Å². The van der Waals surface area contributed by atoms with E-state index in [9.17, 15) is 14.4 Å². The second-order valence-corrected chi connectivity index (χ2v) is 7.68. The number of anilines is 1. The summed E-state index contributed by atoms with van der Waals surface area (Å²) in [4.78, 5) is 50.6. The summed E-state index contributed by atoms with van der Waals surface area (Å²) in [6.07, 6.45) is -0.980. The van der Waals surface area contributed by atoms with Crippen LogP contribution in [-0.2, 0) is 4.79 Å². The topological polar surface area (TPSA) is 144 Å². The van der Waals surface area contributed by atoms with E-state index in [-0.39, 0.29) is 24.9 Å². The Morgan fingerprint density at radius 2 is 1.73 bits per heavy atom. The number of fused-ring (bicyclic) bond motifs is 1. The van der Waals surface area contributed by atoms with Gasteiger partial charge in [0, 0.05) is 51.8 Å². The number of nitrogens with zero attached hydrogens (tertiary/aromatic N) is 4. The number of aromatic nitrogens is 3. The molecule has 4 N–H and O–H groups in total. The number of rotatable bonds is 6. The maximum absolute atomic E-state index is 13.1. The predicted molar refractivity (Wildman–Crippen MR) is 122 cm³/mol. The van der Waals surface area contributed by atoms with Gasteiger partial charge in [-0.3, -0.25) is 9.59 Å². The lowest BCUT2D eigenvalue weighted by Crippen LogP contribution is -2.50. The number of amides is 3. The molecule has 0 aliphatic carbocycles. The van der Waals surface area contributed by atoms with Gasteiger partial charge in [-0.1, -0.05) is 30.3 Å². The maximum atomic E-state index is 13.1. The first-order valence-corrected chi connectivity index (χ1v) is 10.6. The summed E-state index contributed by atoms with van der Waals surface area (Å²) in [5, 5.41) is 15.7. The fraction of sp³-hybridized carbons (Fsp3) is 0.318. The largest absolute Gasteiger partial charge is 0.465 e. The Balaban J connectivity index is 1.61. The van der Waals surface area contributed by atoms with Gasteiger partial charge in [0.05, 0.1) is 5.39 Å². The van der Waals surface area contributed by atoms with Crippen molar-refractivity contribution in [3.05, 3.63) is 42.1 Å². The van der Waals surface area contributed by atoms with Crippen LogP contribution in [0.5, 0.6) is 0 Å².